The molecule has 0 unspecified atom stereocenters. The van der Waals surface area contributed by atoms with Crippen LogP contribution >= 0.6 is 15.9 Å². The second-order valence-electron chi connectivity index (χ2n) is 2.37. The summed E-state index contributed by atoms with van der Waals surface area (Å²) in [5.74, 6) is -8.36. The molecular weight excluding hydrogens is 308 g/mol. The molecule has 1 aromatic rings. The zero-order valence-electron chi connectivity index (χ0n) is 6.56. The van der Waals surface area contributed by atoms with Crippen LogP contribution in [-0.4, -0.2) is 13.0 Å². The van der Waals surface area contributed by atoms with Crippen LogP contribution in [0.3, 0.4) is 0 Å². The SMILES string of the molecule is O=S(=O)(O)c1c(F)c(F)c(F)c(Br)c1F. The highest BCUT2D eigenvalue weighted by molar-refractivity contribution is 9.10. The van der Waals surface area contributed by atoms with Gasteiger partial charge in [0.2, 0.25) is 0 Å². The fourth-order valence-electron chi connectivity index (χ4n) is 0.811. The standard InChI is InChI=1S/C6HBrF4O3S/c7-1-2(8)4(10)5(11)6(3(1)9)15(12,13)14/h(H,12,13,14). The van der Waals surface area contributed by atoms with E-state index < -0.39 is 42.8 Å². The Morgan fingerprint density at radius 2 is 1.40 bits per heavy atom. The minimum atomic E-state index is -5.31. The fourth-order valence-corrected chi connectivity index (χ4v) is 1.96. The van der Waals surface area contributed by atoms with Gasteiger partial charge in [-0.3, -0.25) is 4.55 Å². The first-order valence-corrected chi connectivity index (χ1v) is 5.40. The van der Waals surface area contributed by atoms with Gasteiger partial charge in [0.1, 0.15) is 0 Å². The summed E-state index contributed by atoms with van der Waals surface area (Å²) in [6, 6.07) is 0. The van der Waals surface area contributed by atoms with Crippen LogP contribution in [0.15, 0.2) is 9.37 Å². The van der Waals surface area contributed by atoms with Gasteiger partial charge < -0.3 is 0 Å². The van der Waals surface area contributed by atoms with E-state index in [-0.39, 0.29) is 0 Å². The van der Waals surface area contributed by atoms with E-state index >= 15 is 0 Å². The van der Waals surface area contributed by atoms with Gasteiger partial charge in [-0.15, -0.1) is 0 Å². The maximum Gasteiger partial charge on any atom is 0.300 e. The van der Waals surface area contributed by atoms with E-state index in [4.69, 9.17) is 4.55 Å². The number of benzene rings is 1. The molecule has 0 fully saturated rings. The van der Waals surface area contributed by atoms with Crippen LogP contribution in [-0.2, 0) is 10.1 Å². The molecule has 0 atom stereocenters. The van der Waals surface area contributed by atoms with Crippen molar-refractivity contribution in [3.05, 3.63) is 27.7 Å². The smallest absolute Gasteiger partial charge is 0.282 e. The normalized spacial score (nSPS) is 11.9. The zero-order chi connectivity index (χ0) is 12.0. The molecule has 0 amide bonds. The topological polar surface area (TPSA) is 54.4 Å². The minimum Gasteiger partial charge on any atom is -0.282 e. The minimum absolute atomic E-state index is 1.21. The van der Waals surface area contributed by atoms with Gasteiger partial charge in [0.15, 0.2) is 28.2 Å². The lowest BCUT2D eigenvalue weighted by atomic mass is 10.3. The molecule has 0 aromatic heterocycles. The molecule has 15 heavy (non-hydrogen) atoms. The Kier molecular flexibility index (Phi) is 3.08. The second-order valence-corrected chi connectivity index (χ2v) is 4.53. The van der Waals surface area contributed by atoms with Crippen molar-refractivity contribution in [1.82, 2.24) is 0 Å². The van der Waals surface area contributed by atoms with Crippen molar-refractivity contribution in [3.8, 4) is 0 Å². The van der Waals surface area contributed by atoms with Gasteiger partial charge in [-0.2, -0.15) is 8.42 Å². The summed E-state index contributed by atoms with van der Waals surface area (Å²) < 4.78 is 79.1. The Labute approximate surface area is 89.6 Å². The summed E-state index contributed by atoms with van der Waals surface area (Å²) in [7, 11) is -5.31. The highest BCUT2D eigenvalue weighted by atomic mass is 79.9. The summed E-state index contributed by atoms with van der Waals surface area (Å²) in [4.78, 5) is -1.94. The lowest BCUT2D eigenvalue weighted by Gasteiger charge is -2.05. The number of halogens is 5. The Hall–Kier alpha value is -0.670. The molecule has 0 saturated carbocycles. The summed E-state index contributed by atoms with van der Waals surface area (Å²) in [5, 5.41) is 0. The quantitative estimate of drug-likeness (QED) is 0.375. The Bertz CT molecular complexity index is 499. The Balaban J connectivity index is 3.84. The molecule has 0 aliphatic heterocycles. The third-order valence-electron chi connectivity index (χ3n) is 1.43. The number of hydrogen-bond acceptors (Lipinski definition) is 2. The Morgan fingerprint density at radius 1 is 0.933 bits per heavy atom. The van der Waals surface area contributed by atoms with E-state index in [0.29, 0.717) is 0 Å². The first-order valence-electron chi connectivity index (χ1n) is 3.16. The molecule has 1 N–H and O–H groups in total. The van der Waals surface area contributed by atoms with Crippen LogP contribution in [0, 0.1) is 23.3 Å². The predicted octanol–water partition coefficient (Wildman–Crippen LogP) is 2.25. The van der Waals surface area contributed by atoms with Gasteiger partial charge in [-0.1, -0.05) is 0 Å². The number of rotatable bonds is 1. The lowest BCUT2D eigenvalue weighted by Crippen LogP contribution is -2.10. The fraction of sp³-hybridized carbons (Fsp3) is 0. The van der Waals surface area contributed by atoms with Gasteiger partial charge in [-0.05, 0) is 15.9 Å². The van der Waals surface area contributed by atoms with Gasteiger partial charge in [-0.25, -0.2) is 17.6 Å². The van der Waals surface area contributed by atoms with Crippen molar-refractivity contribution < 1.29 is 30.5 Å². The largest absolute Gasteiger partial charge is 0.300 e. The van der Waals surface area contributed by atoms with E-state index in [2.05, 4.69) is 15.9 Å². The summed E-state index contributed by atoms with van der Waals surface area (Å²) in [5.41, 5.74) is 0. The van der Waals surface area contributed by atoms with Gasteiger partial charge in [0, 0.05) is 0 Å². The van der Waals surface area contributed by atoms with E-state index in [9.17, 15) is 26.0 Å². The number of hydrogen-bond donors (Lipinski definition) is 1. The first-order chi connectivity index (χ1) is 6.68. The zero-order valence-corrected chi connectivity index (χ0v) is 8.96. The van der Waals surface area contributed by atoms with Crippen molar-refractivity contribution >= 4 is 26.0 Å². The van der Waals surface area contributed by atoms with E-state index in [1.54, 1.807) is 0 Å². The van der Waals surface area contributed by atoms with E-state index in [0.717, 1.165) is 0 Å². The van der Waals surface area contributed by atoms with Crippen molar-refractivity contribution in [2.24, 2.45) is 0 Å². The average Bonchev–Trinajstić information content (AvgIpc) is 2.09. The molecule has 0 aliphatic rings. The van der Waals surface area contributed by atoms with Crippen LogP contribution in [0.4, 0.5) is 17.6 Å². The van der Waals surface area contributed by atoms with Crippen molar-refractivity contribution in [2.75, 3.05) is 0 Å². The third kappa shape index (κ3) is 1.99. The molecule has 0 heterocycles. The summed E-state index contributed by atoms with van der Waals surface area (Å²) >= 11 is 2.18. The Morgan fingerprint density at radius 3 is 1.80 bits per heavy atom. The van der Waals surface area contributed by atoms with Crippen molar-refractivity contribution in [3.63, 3.8) is 0 Å². The van der Waals surface area contributed by atoms with Crippen LogP contribution in [0.25, 0.3) is 0 Å². The monoisotopic (exact) mass is 308 g/mol. The van der Waals surface area contributed by atoms with E-state index in [1.807, 2.05) is 0 Å². The maximum absolute atomic E-state index is 13.0. The van der Waals surface area contributed by atoms with Gasteiger partial charge in [0.05, 0.1) is 4.47 Å². The van der Waals surface area contributed by atoms with Crippen molar-refractivity contribution in [2.45, 2.75) is 4.90 Å². The molecule has 1 rings (SSSR count). The first kappa shape index (κ1) is 12.4. The molecule has 0 aliphatic carbocycles. The molecule has 84 valence electrons. The second kappa shape index (κ2) is 3.72. The molecule has 0 saturated heterocycles. The molecule has 0 radical (unpaired) electrons. The van der Waals surface area contributed by atoms with Gasteiger partial charge >= 0.3 is 10.1 Å². The highest BCUT2D eigenvalue weighted by Crippen LogP contribution is 2.30. The molecule has 0 spiro atoms. The van der Waals surface area contributed by atoms with Crippen LogP contribution in [0.1, 0.15) is 0 Å². The highest BCUT2D eigenvalue weighted by Gasteiger charge is 2.30. The molecule has 1 aromatic carbocycles. The molecule has 9 heteroatoms. The van der Waals surface area contributed by atoms with E-state index in [1.165, 1.54) is 0 Å². The molecular formula is C6HBrF4O3S. The lowest BCUT2D eigenvalue weighted by molar-refractivity contribution is 0.395. The van der Waals surface area contributed by atoms with Crippen LogP contribution in [0.5, 0.6) is 0 Å². The summed E-state index contributed by atoms with van der Waals surface area (Å²) in [6.45, 7) is 0. The average molecular weight is 309 g/mol. The van der Waals surface area contributed by atoms with Crippen LogP contribution in [0.2, 0.25) is 0 Å². The van der Waals surface area contributed by atoms with Crippen molar-refractivity contribution in [1.29, 1.82) is 0 Å². The third-order valence-corrected chi connectivity index (χ3v) is 3.00. The predicted molar refractivity (Wildman–Crippen MR) is 43.8 cm³/mol. The maximum atomic E-state index is 13.0. The van der Waals surface area contributed by atoms with Gasteiger partial charge in [0.25, 0.3) is 0 Å². The molecule has 0 bridgehead atoms. The molecule has 3 nitrogen and oxygen atoms in total. The summed E-state index contributed by atoms with van der Waals surface area (Å²) in [6.07, 6.45) is 0. The van der Waals surface area contributed by atoms with Crippen LogP contribution < -0.4 is 0 Å².